The number of nitrogens with one attached hydrogen (secondary N) is 1. The predicted molar refractivity (Wildman–Crippen MR) is 72.9 cm³/mol. The van der Waals surface area contributed by atoms with Crippen molar-refractivity contribution in [1.82, 2.24) is 15.1 Å². The third kappa shape index (κ3) is 3.67. The van der Waals surface area contributed by atoms with Gasteiger partial charge in [-0.2, -0.15) is 0 Å². The van der Waals surface area contributed by atoms with E-state index in [2.05, 4.69) is 15.1 Å². The predicted octanol–water partition coefficient (Wildman–Crippen LogP) is 0.535. The second kappa shape index (κ2) is 6.33. The highest BCUT2D eigenvalue weighted by atomic mass is 16.5. The van der Waals surface area contributed by atoms with Gasteiger partial charge in [-0.05, 0) is 38.8 Å². The number of hydrogen-bond acceptors (Lipinski definition) is 4. The Hall–Kier alpha value is -0.160. The Balaban J connectivity index is 1.24. The summed E-state index contributed by atoms with van der Waals surface area (Å²) in [4.78, 5) is 5.20. The molecule has 3 rings (SSSR count). The maximum atomic E-state index is 5.36. The lowest BCUT2D eigenvalue weighted by atomic mass is 10.2. The SMILES string of the molecule is C(CNC1CCN(C2CC2)C1)CN1CCOCC1. The van der Waals surface area contributed by atoms with Gasteiger partial charge in [0.1, 0.15) is 0 Å². The number of likely N-dealkylation sites (tertiary alicyclic amines) is 1. The Bertz CT molecular complexity index is 251. The molecule has 2 heterocycles. The van der Waals surface area contributed by atoms with Crippen LogP contribution in [0.5, 0.6) is 0 Å². The zero-order valence-electron chi connectivity index (χ0n) is 11.4. The molecule has 1 N–H and O–H groups in total. The summed E-state index contributed by atoms with van der Waals surface area (Å²) in [5, 5.41) is 3.73. The van der Waals surface area contributed by atoms with Gasteiger partial charge in [0.2, 0.25) is 0 Å². The van der Waals surface area contributed by atoms with Crippen LogP contribution in [0, 0.1) is 0 Å². The molecule has 1 aliphatic carbocycles. The maximum Gasteiger partial charge on any atom is 0.0594 e. The molecule has 0 aromatic rings. The van der Waals surface area contributed by atoms with E-state index in [0.29, 0.717) is 0 Å². The molecule has 1 atom stereocenters. The lowest BCUT2D eigenvalue weighted by Crippen LogP contribution is -2.39. The first-order valence-electron chi connectivity index (χ1n) is 7.69. The number of morpholine rings is 1. The normalized spacial score (nSPS) is 31.0. The van der Waals surface area contributed by atoms with Crippen molar-refractivity contribution in [3.63, 3.8) is 0 Å². The van der Waals surface area contributed by atoms with Crippen molar-refractivity contribution < 1.29 is 4.74 Å². The van der Waals surface area contributed by atoms with Crippen LogP contribution in [-0.2, 0) is 4.74 Å². The van der Waals surface area contributed by atoms with Crippen LogP contribution in [-0.4, -0.2) is 74.4 Å². The van der Waals surface area contributed by atoms with Gasteiger partial charge in [0, 0.05) is 38.3 Å². The summed E-state index contributed by atoms with van der Waals surface area (Å²) in [6, 6.07) is 1.71. The monoisotopic (exact) mass is 253 g/mol. The van der Waals surface area contributed by atoms with Crippen molar-refractivity contribution >= 4 is 0 Å². The van der Waals surface area contributed by atoms with Gasteiger partial charge in [0.25, 0.3) is 0 Å². The van der Waals surface area contributed by atoms with Crippen molar-refractivity contribution in [1.29, 1.82) is 0 Å². The highest BCUT2D eigenvalue weighted by Crippen LogP contribution is 2.29. The molecule has 0 radical (unpaired) electrons. The van der Waals surface area contributed by atoms with E-state index in [4.69, 9.17) is 4.74 Å². The van der Waals surface area contributed by atoms with Crippen LogP contribution in [0.4, 0.5) is 0 Å². The third-order valence-electron chi connectivity index (χ3n) is 4.47. The largest absolute Gasteiger partial charge is 0.379 e. The van der Waals surface area contributed by atoms with Gasteiger partial charge in [-0.3, -0.25) is 9.80 Å². The molecule has 4 heteroatoms. The van der Waals surface area contributed by atoms with Crippen molar-refractivity contribution in [2.75, 3.05) is 52.5 Å². The molecule has 2 aliphatic heterocycles. The number of nitrogens with zero attached hydrogens (tertiary/aromatic N) is 2. The molecule has 0 aromatic carbocycles. The maximum absolute atomic E-state index is 5.36. The molecular weight excluding hydrogens is 226 g/mol. The average molecular weight is 253 g/mol. The lowest BCUT2D eigenvalue weighted by molar-refractivity contribution is 0.0374. The van der Waals surface area contributed by atoms with E-state index in [-0.39, 0.29) is 0 Å². The molecule has 18 heavy (non-hydrogen) atoms. The van der Waals surface area contributed by atoms with Gasteiger partial charge in [-0.1, -0.05) is 0 Å². The molecule has 4 nitrogen and oxygen atoms in total. The summed E-state index contributed by atoms with van der Waals surface area (Å²) in [6.07, 6.45) is 5.53. The van der Waals surface area contributed by atoms with Crippen LogP contribution in [0.1, 0.15) is 25.7 Å². The highest BCUT2D eigenvalue weighted by molar-refractivity contribution is 4.91. The van der Waals surface area contributed by atoms with Crippen molar-refractivity contribution in [2.45, 2.75) is 37.8 Å². The molecule has 1 unspecified atom stereocenters. The minimum atomic E-state index is 0.760. The molecule has 0 amide bonds. The van der Waals surface area contributed by atoms with E-state index in [1.807, 2.05) is 0 Å². The Morgan fingerprint density at radius 1 is 1.06 bits per heavy atom. The summed E-state index contributed by atoms with van der Waals surface area (Å²) >= 11 is 0. The van der Waals surface area contributed by atoms with E-state index in [9.17, 15) is 0 Å². The number of rotatable bonds is 6. The second-order valence-electron chi connectivity index (χ2n) is 5.97. The molecule has 0 spiro atoms. The van der Waals surface area contributed by atoms with Crippen LogP contribution in [0.2, 0.25) is 0 Å². The van der Waals surface area contributed by atoms with Gasteiger partial charge in [-0.15, -0.1) is 0 Å². The minimum absolute atomic E-state index is 0.760. The highest BCUT2D eigenvalue weighted by Gasteiger charge is 2.33. The zero-order valence-corrected chi connectivity index (χ0v) is 11.4. The van der Waals surface area contributed by atoms with Gasteiger partial charge < -0.3 is 10.1 Å². The summed E-state index contributed by atoms with van der Waals surface area (Å²) in [7, 11) is 0. The van der Waals surface area contributed by atoms with E-state index in [0.717, 1.165) is 38.4 Å². The Morgan fingerprint density at radius 2 is 1.89 bits per heavy atom. The fourth-order valence-electron chi connectivity index (χ4n) is 3.16. The molecule has 1 saturated carbocycles. The van der Waals surface area contributed by atoms with E-state index in [1.54, 1.807) is 0 Å². The lowest BCUT2D eigenvalue weighted by Gasteiger charge is -2.26. The Morgan fingerprint density at radius 3 is 2.67 bits per heavy atom. The van der Waals surface area contributed by atoms with Crippen molar-refractivity contribution in [3.05, 3.63) is 0 Å². The van der Waals surface area contributed by atoms with Crippen molar-refractivity contribution in [2.24, 2.45) is 0 Å². The fraction of sp³-hybridized carbons (Fsp3) is 1.00. The number of ether oxygens (including phenoxy) is 1. The first-order valence-corrected chi connectivity index (χ1v) is 7.69. The second-order valence-corrected chi connectivity index (χ2v) is 5.97. The molecule has 104 valence electrons. The first kappa shape index (κ1) is 12.9. The van der Waals surface area contributed by atoms with E-state index >= 15 is 0 Å². The summed E-state index contributed by atoms with van der Waals surface area (Å²) in [5.74, 6) is 0. The topological polar surface area (TPSA) is 27.7 Å². The minimum Gasteiger partial charge on any atom is -0.379 e. The van der Waals surface area contributed by atoms with Gasteiger partial charge in [-0.25, -0.2) is 0 Å². The molecular formula is C14H27N3O. The van der Waals surface area contributed by atoms with E-state index < -0.39 is 0 Å². The third-order valence-corrected chi connectivity index (χ3v) is 4.47. The van der Waals surface area contributed by atoms with Crippen LogP contribution in [0.3, 0.4) is 0 Å². The molecule has 3 fully saturated rings. The Labute approximate surface area is 111 Å². The first-order chi connectivity index (χ1) is 8.92. The average Bonchev–Trinajstić information content (AvgIpc) is 3.16. The molecule has 0 aromatic heterocycles. The summed E-state index contributed by atoms with van der Waals surface area (Å²) in [5.41, 5.74) is 0. The summed E-state index contributed by atoms with van der Waals surface area (Å²) in [6.45, 7) is 9.13. The van der Waals surface area contributed by atoms with Crippen LogP contribution in [0.15, 0.2) is 0 Å². The molecule has 0 bridgehead atoms. The Kier molecular flexibility index (Phi) is 4.52. The fourth-order valence-corrected chi connectivity index (χ4v) is 3.16. The number of hydrogen-bond donors (Lipinski definition) is 1. The van der Waals surface area contributed by atoms with Crippen molar-refractivity contribution in [3.8, 4) is 0 Å². The standard InChI is InChI=1S/C14H27N3O/c1(6-16-8-10-18-11-9-16)5-15-13-4-7-17(12-13)14-2-3-14/h13-15H,1-12H2. The van der Waals surface area contributed by atoms with Gasteiger partial charge >= 0.3 is 0 Å². The van der Waals surface area contributed by atoms with Gasteiger partial charge in [0.05, 0.1) is 13.2 Å². The summed E-state index contributed by atoms with van der Waals surface area (Å²) < 4.78 is 5.36. The zero-order chi connectivity index (χ0) is 12.2. The van der Waals surface area contributed by atoms with Gasteiger partial charge in [0.15, 0.2) is 0 Å². The molecule has 3 aliphatic rings. The van der Waals surface area contributed by atoms with E-state index in [1.165, 1.54) is 51.9 Å². The van der Waals surface area contributed by atoms with Crippen LogP contribution in [0.25, 0.3) is 0 Å². The quantitative estimate of drug-likeness (QED) is 0.699. The smallest absolute Gasteiger partial charge is 0.0594 e. The van der Waals surface area contributed by atoms with Crippen LogP contribution >= 0.6 is 0 Å². The van der Waals surface area contributed by atoms with Crippen LogP contribution < -0.4 is 5.32 Å². The molecule has 2 saturated heterocycles.